The Morgan fingerprint density at radius 2 is 1.86 bits per heavy atom. The Hall–Kier alpha value is 1.16. The third kappa shape index (κ3) is 11.2. The number of allylic oxidation sites excluding steroid dienone is 2. The Kier molecular flexibility index (Phi) is 13.2. The molecule has 0 heterocycles. The summed E-state index contributed by atoms with van der Waals surface area (Å²) < 4.78 is 8.01. The first-order chi connectivity index (χ1) is 6.81. The van der Waals surface area contributed by atoms with Gasteiger partial charge in [0.05, 0.1) is 0 Å². The van der Waals surface area contributed by atoms with Gasteiger partial charge in [-0.15, -0.1) is 0 Å². The molecular weight excluding hydrogens is 400 g/mol. The number of unbranched alkanes of at least 4 members (excludes halogenated alkanes) is 4. The van der Waals surface area contributed by atoms with Crippen molar-refractivity contribution in [1.82, 2.24) is 0 Å². The van der Waals surface area contributed by atoms with Gasteiger partial charge in [0.15, 0.2) is 0 Å². The second-order valence-corrected chi connectivity index (χ2v) is 6.41. The van der Waals surface area contributed by atoms with Crippen LogP contribution in [0.4, 0.5) is 0 Å². The third-order valence-corrected chi connectivity index (χ3v) is 4.07. The van der Waals surface area contributed by atoms with E-state index in [1.165, 1.54) is 43.0 Å². The molecule has 3 heteroatoms. The Morgan fingerprint density at radius 1 is 1.21 bits per heavy atom. The first kappa shape index (κ1) is 15.2. The number of alkyl halides is 2. The molecule has 0 radical (unpaired) electrons. The van der Waals surface area contributed by atoms with E-state index in [0.717, 1.165) is 4.43 Å². The van der Waals surface area contributed by atoms with Crippen LogP contribution in [0.15, 0.2) is 11.6 Å². The summed E-state index contributed by atoms with van der Waals surface area (Å²) in [7, 11) is 0. The molecule has 0 saturated heterocycles. The summed E-state index contributed by atoms with van der Waals surface area (Å²) in [5.41, 5.74) is 1.56. The minimum absolute atomic E-state index is 0.0556. The zero-order valence-electron chi connectivity index (χ0n) is 9.07. The van der Waals surface area contributed by atoms with Gasteiger partial charge >= 0.3 is 114 Å². The fourth-order valence-corrected chi connectivity index (χ4v) is 3.07. The number of halogens is 2. The average Bonchev–Trinajstić information content (AvgIpc) is 2.17. The molecule has 0 aliphatic heterocycles. The summed E-state index contributed by atoms with van der Waals surface area (Å²) in [4.78, 5) is 0. The van der Waals surface area contributed by atoms with Crippen molar-refractivity contribution < 1.29 is 21.5 Å². The van der Waals surface area contributed by atoms with E-state index in [9.17, 15) is 0 Å². The van der Waals surface area contributed by atoms with Crippen molar-refractivity contribution in [3.05, 3.63) is 11.6 Å². The fraction of sp³-hybridized carbons (Fsp3) is 0.818. The van der Waals surface area contributed by atoms with Gasteiger partial charge in [0.25, 0.3) is 0 Å². The molecule has 0 saturated carbocycles. The zero-order chi connectivity index (χ0) is 10.6. The molecule has 0 atom stereocenters. The molecule has 0 aliphatic rings. The number of rotatable bonds is 9. The summed E-state index contributed by atoms with van der Waals surface area (Å²) in [5, 5.41) is 0. The van der Waals surface area contributed by atoms with E-state index in [0.29, 0.717) is 0 Å². The third-order valence-electron chi connectivity index (χ3n) is 2.24. The second kappa shape index (κ2) is 12.2. The van der Waals surface area contributed by atoms with E-state index in [2.05, 4.69) is 35.6 Å². The van der Waals surface area contributed by atoms with E-state index in [4.69, 9.17) is 3.95 Å². The van der Waals surface area contributed by atoms with Crippen molar-refractivity contribution in [2.75, 3.05) is 8.86 Å². The number of hydrogen-bond acceptors (Lipinski definition) is 1. The van der Waals surface area contributed by atoms with Crippen LogP contribution in [0.2, 0.25) is 0 Å². The molecule has 0 aromatic heterocycles. The van der Waals surface area contributed by atoms with Crippen LogP contribution < -0.4 is 25.4 Å². The van der Waals surface area contributed by atoms with Crippen molar-refractivity contribution in [3.8, 4) is 0 Å². The Labute approximate surface area is 113 Å². The maximum absolute atomic E-state index is 5.54. The first-order valence-corrected chi connectivity index (χ1v) is 9.60. The molecule has 0 aliphatic carbocycles. The van der Waals surface area contributed by atoms with Gasteiger partial charge in [-0.2, -0.15) is 0 Å². The molecule has 0 rings (SSSR count). The van der Waals surface area contributed by atoms with Crippen LogP contribution in [-0.2, 0) is 0 Å². The molecule has 0 fully saturated rings. The Bertz CT molecular complexity index is 146. The monoisotopic (exact) mass is 422 g/mol. The molecule has 0 aromatic carbocycles. The molecule has 1 nitrogen and oxygen atoms in total. The van der Waals surface area contributed by atoms with Gasteiger partial charge in [0, 0.05) is 0 Å². The maximum atomic E-state index is 5.54. The van der Waals surface area contributed by atoms with E-state index in [1.807, 2.05) is 0 Å². The molecule has 0 bridgehead atoms. The normalized spacial score (nSPS) is 12.4. The molecular formula is C11H22I2N-. The zero-order valence-corrected chi connectivity index (χ0v) is 13.4. The van der Waals surface area contributed by atoms with Crippen LogP contribution >= 0.6 is 22.6 Å². The molecule has 14 heavy (non-hydrogen) atoms. The van der Waals surface area contributed by atoms with Gasteiger partial charge in [-0.05, 0) is 0 Å². The van der Waals surface area contributed by atoms with Crippen LogP contribution in [0.3, 0.4) is 0 Å². The Balaban J connectivity index is 3.09. The SMILES string of the molecule is C/C(=C\CI)CCCCCCC[I-]N. The summed E-state index contributed by atoms with van der Waals surface area (Å²) in [6.45, 7) is 2.25. The van der Waals surface area contributed by atoms with E-state index < -0.39 is 0 Å². The first-order valence-electron chi connectivity index (χ1n) is 5.30. The van der Waals surface area contributed by atoms with Gasteiger partial charge in [-0.1, -0.05) is 0 Å². The average molecular weight is 422 g/mol. The van der Waals surface area contributed by atoms with Crippen molar-refractivity contribution in [3.63, 3.8) is 0 Å². The van der Waals surface area contributed by atoms with Crippen molar-refractivity contribution >= 4 is 22.6 Å². The van der Waals surface area contributed by atoms with Gasteiger partial charge in [0.2, 0.25) is 0 Å². The van der Waals surface area contributed by atoms with Crippen molar-refractivity contribution in [2.24, 2.45) is 3.95 Å². The van der Waals surface area contributed by atoms with Gasteiger partial charge < -0.3 is 0 Å². The predicted octanol–water partition coefficient (Wildman–Crippen LogP) is 0.671. The summed E-state index contributed by atoms with van der Waals surface area (Å²) >= 11 is 2.46. The number of nitrogens with two attached hydrogens (primary N) is 1. The quantitative estimate of drug-likeness (QED) is 0.191. The molecule has 0 aromatic rings. The van der Waals surface area contributed by atoms with Gasteiger partial charge in [0.1, 0.15) is 0 Å². The van der Waals surface area contributed by atoms with Crippen molar-refractivity contribution in [1.29, 1.82) is 0 Å². The van der Waals surface area contributed by atoms with Gasteiger partial charge in [-0.3, -0.25) is 0 Å². The summed E-state index contributed by atoms with van der Waals surface area (Å²) in [5.74, 6) is 0. The Morgan fingerprint density at radius 3 is 2.50 bits per heavy atom. The minimum atomic E-state index is 0.0556. The van der Waals surface area contributed by atoms with Crippen LogP contribution in [0, 0.1) is 0 Å². The second-order valence-electron chi connectivity index (χ2n) is 3.57. The molecule has 0 amide bonds. The van der Waals surface area contributed by atoms with E-state index in [1.54, 1.807) is 5.57 Å². The summed E-state index contributed by atoms with van der Waals surface area (Å²) in [6.07, 6.45) is 10.6. The topological polar surface area (TPSA) is 26.0 Å². The fourth-order valence-electron chi connectivity index (χ4n) is 1.34. The van der Waals surface area contributed by atoms with E-state index in [-0.39, 0.29) is 21.5 Å². The van der Waals surface area contributed by atoms with Crippen LogP contribution in [0.1, 0.15) is 45.4 Å². The van der Waals surface area contributed by atoms with Crippen molar-refractivity contribution in [2.45, 2.75) is 45.4 Å². The summed E-state index contributed by atoms with van der Waals surface area (Å²) in [6, 6.07) is 0. The standard InChI is InChI=1S/C11H22I2N/c1-11(8-9-12)7-5-3-2-4-6-10-13-14/h8H,2-7,9-10,14H2,1H3/q-1/b11-8+. The van der Waals surface area contributed by atoms with Crippen LogP contribution in [0.25, 0.3) is 0 Å². The molecule has 0 unspecified atom stereocenters. The predicted molar refractivity (Wildman–Crippen MR) is 69.4 cm³/mol. The molecule has 2 N–H and O–H groups in total. The van der Waals surface area contributed by atoms with Gasteiger partial charge in [-0.25, -0.2) is 0 Å². The molecule has 86 valence electrons. The number of hydrogen-bond donors (Lipinski definition) is 1. The van der Waals surface area contributed by atoms with Crippen LogP contribution in [-0.4, -0.2) is 8.86 Å². The molecule has 0 spiro atoms. The van der Waals surface area contributed by atoms with E-state index >= 15 is 0 Å². The van der Waals surface area contributed by atoms with Crippen LogP contribution in [0.5, 0.6) is 0 Å².